The molecule has 0 spiro atoms. The zero-order chi connectivity index (χ0) is 12.3. The number of ether oxygens (including phenoxy) is 1. The Kier molecular flexibility index (Phi) is 3.25. The van der Waals surface area contributed by atoms with Gasteiger partial charge in [0.05, 0.1) is 0 Å². The van der Waals surface area contributed by atoms with Crippen molar-refractivity contribution < 1.29 is 13.9 Å². The van der Waals surface area contributed by atoms with Crippen molar-refractivity contribution in [2.45, 2.75) is 13.5 Å². The summed E-state index contributed by atoms with van der Waals surface area (Å²) in [4.78, 5) is 10.8. The van der Waals surface area contributed by atoms with E-state index in [9.17, 15) is 4.79 Å². The lowest BCUT2D eigenvalue weighted by Gasteiger charge is -2.00. The number of carbonyl (C=O) groups is 1. The molecule has 0 fully saturated rings. The molecule has 0 saturated carbocycles. The Morgan fingerprint density at radius 3 is 2.88 bits per heavy atom. The van der Waals surface area contributed by atoms with Gasteiger partial charge < -0.3 is 14.9 Å². The highest BCUT2D eigenvalue weighted by Gasteiger charge is 2.07. The summed E-state index contributed by atoms with van der Waals surface area (Å²) in [6, 6.07) is 11.1. The molecule has 2 aromatic rings. The zero-order valence-corrected chi connectivity index (χ0v) is 9.47. The van der Waals surface area contributed by atoms with Gasteiger partial charge >= 0.3 is 5.97 Å². The van der Waals surface area contributed by atoms with E-state index in [-0.39, 0.29) is 5.95 Å². The van der Waals surface area contributed by atoms with Crippen LogP contribution in [0.25, 0.3) is 11.3 Å². The van der Waals surface area contributed by atoms with E-state index in [2.05, 4.69) is 0 Å². The van der Waals surface area contributed by atoms with E-state index in [0.717, 1.165) is 11.1 Å². The smallest absolute Gasteiger partial charge is 0.310 e. The molecule has 0 aliphatic carbocycles. The molecule has 0 saturated heterocycles. The molecule has 0 atom stereocenters. The quantitative estimate of drug-likeness (QED) is 0.823. The average Bonchev–Trinajstić information content (AvgIpc) is 2.77. The summed E-state index contributed by atoms with van der Waals surface area (Å²) in [6.07, 6.45) is 0. The number of furan rings is 1. The second-order valence-electron chi connectivity index (χ2n) is 3.62. The summed E-state index contributed by atoms with van der Waals surface area (Å²) in [5.41, 5.74) is 7.50. The molecule has 2 N–H and O–H groups in total. The number of esters is 1. The van der Waals surface area contributed by atoms with Gasteiger partial charge in [-0.25, -0.2) is 0 Å². The van der Waals surface area contributed by atoms with E-state index >= 15 is 0 Å². The predicted octanol–water partition coefficient (Wildman–Crippen LogP) is 2.33. The third-order valence-corrected chi connectivity index (χ3v) is 2.27. The Morgan fingerprint density at radius 2 is 2.18 bits per heavy atom. The standard InChI is InChI=1S/C13H13NO3/c1-9(15)16-13-6-5-12(17-13)11-4-2-3-10(7-11)8-14/h2-7H,8,14H2,1H3. The second-order valence-corrected chi connectivity index (χ2v) is 3.62. The summed E-state index contributed by atoms with van der Waals surface area (Å²) < 4.78 is 10.2. The van der Waals surface area contributed by atoms with Crippen molar-refractivity contribution in [3.63, 3.8) is 0 Å². The maximum Gasteiger partial charge on any atom is 0.310 e. The SMILES string of the molecule is CC(=O)Oc1ccc(-c2cccc(CN)c2)o1. The van der Waals surface area contributed by atoms with Gasteiger partial charge in [-0.1, -0.05) is 18.2 Å². The van der Waals surface area contributed by atoms with Crippen LogP contribution in [0, 0.1) is 0 Å². The second kappa shape index (κ2) is 4.84. The molecular weight excluding hydrogens is 218 g/mol. The van der Waals surface area contributed by atoms with Gasteiger partial charge in [0, 0.05) is 25.1 Å². The van der Waals surface area contributed by atoms with Crippen molar-refractivity contribution in [1.82, 2.24) is 0 Å². The first kappa shape index (κ1) is 11.4. The van der Waals surface area contributed by atoms with Crippen LogP contribution in [0.5, 0.6) is 5.95 Å². The fourth-order valence-electron chi connectivity index (χ4n) is 1.52. The van der Waals surface area contributed by atoms with Crippen LogP contribution >= 0.6 is 0 Å². The maximum absolute atomic E-state index is 10.8. The highest BCUT2D eigenvalue weighted by atomic mass is 16.6. The van der Waals surface area contributed by atoms with E-state index < -0.39 is 5.97 Å². The van der Waals surface area contributed by atoms with Crippen molar-refractivity contribution in [3.8, 4) is 17.3 Å². The molecular formula is C13H13NO3. The molecule has 1 aromatic carbocycles. The lowest BCUT2D eigenvalue weighted by atomic mass is 10.1. The molecule has 17 heavy (non-hydrogen) atoms. The summed E-state index contributed by atoms with van der Waals surface area (Å²) in [5, 5.41) is 0. The van der Waals surface area contributed by atoms with Crippen LogP contribution < -0.4 is 10.5 Å². The number of rotatable bonds is 3. The van der Waals surface area contributed by atoms with Gasteiger partial charge in [-0.15, -0.1) is 0 Å². The highest BCUT2D eigenvalue weighted by molar-refractivity contribution is 5.69. The molecule has 0 aliphatic rings. The molecule has 1 heterocycles. The highest BCUT2D eigenvalue weighted by Crippen LogP contribution is 2.26. The molecule has 0 bridgehead atoms. The molecule has 88 valence electrons. The minimum atomic E-state index is -0.401. The summed E-state index contributed by atoms with van der Waals surface area (Å²) >= 11 is 0. The van der Waals surface area contributed by atoms with Crippen LogP contribution in [0.15, 0.2) is 40.8 Å². The maximum atomic E-state index is 10.8. The average molecular weight is 231 g/mol. The lowest BCUT2D eigenvalue weighted by molar-refractivity contribution is -0.133. The lowest BCUT2D eigenvalue weighted by Crippen LogP contribution is -1.99. The van der Waals surface area contributed by atoms with Crippen LogP contribution in [0.3, 0.4) is 0 Å². The minimum Gasteiger partial charge on any atom is -0.425 e. The molecule has 4 nitrogen and oxygen atoms in total. The third-order valence-electron chi connectivity index (χ3n) is 2.27. The minimum absolute atomic E-state index is 0.200. The van der Waals surface area contributed by atoms with Crippen LogP contribution in [-0.4, -0.2) is 5.97 Å². The van der Waals surface area contributed by atoms with Crippen molar-refractivity contribution >= 4 is 5.97 Å². The van der Waals surface area contributed by atoms with Gasteiger partial charge in [0.1, 0.15) is 5.76 Å². The summed E-state index contributed by atoms with van der Waals surface area (Å²) in [7, 11) is 0. The third kappa shape index (κ3) is 2.73. The van der Waals surface area contributed by atoms with E-state index in [0.29, 0.717) is 12.3 Å². The van der Waals surface area contributed by atoms with E-state index in [4.69, 9.17) is 14.9 Å². The van der Waals surface area contributed by atoms with Crippen LogP contribution in [0.1, 0.15) is 12.5 Å². The summed E-state index contributed by atoms with van der Waals surface area (Å²) in [5.74, 6) is 0.448. The van der Waals surface area contributed by atoms with E-state index in [1.54, 1.807) is 12.1 Å². The molecule has 0 unspecified atom stereocenters. The zero-order valence-electron chi connectivity index (χ0n) is 9.47. The Morgan fingerprint density at radius 1 is 1.35 bits per heavy atom. The van der Waals surface area contributed by atoms with Crippen LogP contribution in [0.2, 0.25) is 0 Å². The molecule has 0 radical (unpaired) electrons. The number of nitrogens with two attached hydrogens (primary N) is 1. The van der Waals surface area contributed by atoms with Crippen molar-refractivity contribution in [2.24, 2.45) is 5.73 Å². The first-order valence-electron chi connectivity index (χ1n) is 5.26. The van der Waals surface area contributed by atoms with Crippen LogP contribution in [-0.2, 0) is 11.3 Å². The van der Waals surface area contributed by atoms with Gasteiger partial charge in [0.2, 0.25) is 0 Å². The molecule has 2 rings (SSSR count). The van der Waals surface area contributed by atoms with Crippen LogP contribution in [0.4, 0.5) is 0 Å². The number of hydrogen-bond donors (Lipinski definition) is 1. The van der Waals surface area contributed by atoms with Gasteiger partial charge in [-0.2, -0.15) is 0 Å². The Bertz CT molecular complexity index is 531. The van der Waals surface area contributed by atoms with Gasteiger partial charge in [-0.05, 0) is 17.7 Å². The Hall–Kier alpha value is -2.07. The Balaban J connectivity index is 2.26. The van der Waals surface area contributed by atoms with E-state index in [1.807, 2.05) is 24.3 Å². The predicted molar refractivity (Wildman–Crippen MR) is 63.3 cm³/mol. The topological polar surface area (TPSA) is 65.5 Å². The normalized spacial score (nSPS) is 10.2. The van der Waals surface area contributed by atoms with Gasteiger partial charge in [0.15, 0.2) is 0 Å². The first-order chi connectivity index (χ1) is 8.19. The molecule has 0 amide bonds. The molecule has 0 aliphatic heterocycles. The fourth-order valence-corrected chi connectivity index (χ4v) is 1.52. The van der Waals surface area contributed by atoms with Gasteiger partial charge in [0.25, 0.3) is 5.95 Å². The number of hydrogen-bond acceptors (Lipinski definition) is 4. The largest absolute Gasteiger partial charge is 0.425 e. The monoisotopic (exact) mass is 231 g/mol. The van der Waals surface area contributed by atoms with Gasteiger partial charge in [-0.3, -0.25) is 4.79 Å². The number of carbonyl (C=O) groups excluding carboxylic acids is 1. The van der Waals surface area contributed by atoms with E-state index in [1.165, 1.54) is 6.92 Å². The van der Waals surface area contributed by atoms with Crippen molar-refractivity contribution in [2.75, 3.05) is 0 Å². The first-order valence-corrected chi connectivity index (χ1v) is 5.26. The fraction of sp³-hybridized carbons (Fsp3) is 0.154. The number of benzene rings is 1. The van der Waals surface area contributed by atoms with Crippen molar-refractivity contribution in [1.29, 1.82) is 0 Å². The molecule has 1 aromatic heterocycles. The van der Waals surface area contributed by atoms with Crippen molar-refractivity contribution in [3.05, 3.63) is 42.0 Å². The summed E-state index contributed by atoms with van der Waals surface area (Å²) in [6.45, 7) is 1.81. The Labute approximate surface area is 99.0 Å². The molecule has 4 heteroatoms.